The van der Waals surface area contributed by atoms with Crippen molar-refractivity contribution in [2.45, 2.75) is 37.9 Å². The van der Waals surface area contributed by atoms with Crippen molar-refractivity contribution in [1.29, 1.82) is 0 Å². The molecule has 330 valence electrons. The fourth-order valence-corrected chi connectivity index (χ4v) is 7.80. The number of nitrogens with one attached hydrogen (secondary N) is 2. The Balaban J connectivity index is 1.20. The predicted octanol–water partition coefficient (Wildman–Crippen LogP) is 9.15. The summed E-state index contributed by atoms with van der Waals surface area (Å²) in [5.74, 6) is 3.09. The molecule has 0 spiro atoms. The molecule has 0 fully saturated rings. The van der Waals surface area contributed by atoms with Crippen molar-refractivity contribution < 1.29 is 47.6 Å². The first-order valence-electron chi connectivity index (χ1n) is 20.5. The predicted molar refractivity (Wildman–Crippen MR) is 247 cm³/mol. The van der Waals surface area contributed by atoms with Gasteiger partial charge in [0.2, 0.25) is 0 Å². The van der Waals surface area contributed by atoms with Crippen molar-refractivity contribution in [3.63, 3.8) is 0 Å². The molecular weight excluding hydrogens is 829 g/mol. The lowest BCUT2D eigenvalue weighted by Crippen LogP contribution is -2.35. The summed E-state index contributed by atoms with van der Waals surface area (Å²) in [5.41, 5.74) is 3.93. The summed E-state index contributed by atoms with van der Waals surface area (Å²) in [4.78, 5) is 48.0. The normalized spacial score (nSPS) is 11.5. The second kappa shape index (κ2) is 29.4. The molecule has 4 rings (SSSR count). The van der Waals surface area contributed by atoms with Crippen molar-refractivity contribution in [1.82, 2.24) is 10.6 Å². The minimum Gasteiger partial charge on any atom is -0.489 e. The Bertz CT molecular complexity index is 1830. The van der Waals surface area contributed by atoms with E-state index < -0.39 is 36.3 Å². The van der Waals surface area contributed by atoms with Crippen molar-refractivity contribution in [2.75, 3.05) is 62.5 Å². The van der Waals surface area contributed by atoms with Gasteiger partial charge in [-0.3, -0.25) is 0 Å². The molecule has 2 amide bonds. The third-order valence-electron chi connectivity index (χ3n) is 8.84. The summed E-state index contributed by atoms with van der Waals surface area (Å²) in [6, 6.07) is 35.4. The molecule has 2 unspecified atom stereocenters. The van der Waals surface area contributed by atoms with Crippen LogP contribution in [0.2, 0.25) is 0 Å². The van der Waals surface area contributed by atoms with Crippen LogP contribution in [0.3, 0.4) is 0 Å². The van der Waals surface area contributed by atoms with Crippen LogP contribution < -0.4 is 20.1 Å². The molecule has 62 heavy (non-hydrogen) atoms. The summed E-state index contributed by atoms with van der Waals surface area (Å²) in [7, 11) is 0. The highest BCUT2D eigenvalue weighted by Crippen LogP contribution is 2.31. The van der Waals surface area contributed by atoms with Crippen LogP contribution in [0.15, 0.2) is 135 Å². The topological polar surface area (TPSA) is 148 Å². The number of ether oxygens (including phenoxy) is 6. The van der Waals surface area contributed by atoms with Gasteiger partial charge in [0.25, 0.3) is 0 Å². The third-order valence-corrected chi connectivity index (χ3v) is 11.2. The SMILES string of the molecule is C=CC(=O)OCCNC(=O)OC(COc1ccccc1-c1ccccc1)CSCCCCCCSCC(COc1ccccc1-c1ccccc1)OC(=O)NCCOC(=O)C=C. The highest BCUT2D eigenvalue weighted by molar-refractivity contribution is 7.99. The zero-order chi connectivity index (χ0) is 44.0. The molecule has 0 aromatic heterocycles. The lowest BCUT2D eigenvalue weighted by atomic mass is 10.1. The zero-order valence-electron chi connectivity index (χ0n) is 34.9. The molecule has 12 nitrogen and oxygen atoms in total. The van der Waals surface area contributed by atoms with Gasteiger partial charge >= 0.3 is 24.1 Å². The second-order valence-electron chi connectivity index (χ2n) is 13.6. The van der Waals surface area contributed by atoms with E-state index in [4.69, 9.17) is 28.4 Å². The van der Waals surface area contributed by atoms with E-state index in [1.165, 1.54) is 0 Å². The Kier molecular flexibility index (Phi) is 23.1. The Hall–Kier alpha value is -5.86. The van der Waals surface area contributed by atoms with Gasteiger partial charge in [-0.1, -0.05) is 123 Å². The van der Waals surface area contributed by atoms with E-state index in [1.54, 1.807) is 23.5 Å². The van der Waals surface area contributed by atoms with Gasteiger partial charge in [-0.25, -0.2) is 19.2 Å². The molecule has 0 aliphatic carbocycles. The first-order chi connectivity index (χ1) is 30.4. The number of carbonyl (C=O) groups is 4. The summed E-state index contributed by atoms with van der Waals surface area (Å²) < 4.78 is 33.8. The minimum atomic E-state index is -0.619. The Morgan fingerprint density at radius 2 is 0.919 bits per heavy atom. The largest absolute Gasteiger partial charge is 0.489 e. The van der Waals surface area contributed by atoms with E-state index >= 15 is 0 Å². The number of hydrogen-bond donors (Lipinski definition) is 2. The molecule has 0 saturated heterocycles. The Morgan fingerprint density at radius 1 is 0.532 bits per heavy atom. The molecule has 0 aliphatic rings. The average Bonchev–Trinajstić information content (AvgIpc) is 3.31. The molecule has 0 heterocycles. The number of thioether (sulfide) groups is 2. The van der Waals surface area contributed by atoms with Crippen LogP contribution in [0.4, 0.5) is 9.59 Å². The molecular formula is C48H56N2O10S2. The maximum atomic E-state index is 12.7. The second-order valence-corrected chi connectivity index (χ2v) is 15.9. The number of alkyl carbamates (subject to hydrolysis) is 2. The van der Waals surface area contributed by atoms with Gasteiger partial charge in [-0.2, -0.15) is 23.5 Å². The number of rotatable bonds is 29. The highest BCUT2D eigenvalue weighted by Gasteiger charge is 2.19. The molecule has 2 atom stereocenters. The van der Waals surface area contributed by atoms with E-state index in [2.05, 4.69) is 23.8 Å². The van der Waals surface area contributed by atoms with Gasteiger partial charge in [-0.05, 0) is 47.6 Å². The lowest BCUT2D eigenvalue weighted by Gasteiger charge is -2.20. The van der Waals surface area contributed by atoms with Crippen molar-refractivity contribution in [2.24, 2.45) is 0 Å². The smallest absolute Gasteiger partial charge is 0.407 e. The fraction of sp³-hybridized carbons (Fsp3) is 0.333. The number of esters is 2. The Morgan fingerprint density at radius 3 is 1.32 bits per heavy atom. The summed E-state index contributed by atoms with van der Waals surface area (Å²) in [6.45, 7) is 7.26. The molecule has 4 aromatic carbocycles. The monoisotopic (exact) mass is 884 g/mol. The van der Waals surface area contributed by atoms with Gasteiger partial charge < -0.3 is 39.1 Å². The minimum absolute atomic E-state index is 0.000945. The van der Waals surface area contributed by atoms with E-state index in [0.29, 0.717) is 23.0 Å². The molecule has 0 aliphatic heterocycles. The molecule has 0 bridgehead atoms. The third kappa shape index (κ3) is 19.2. The number of amides is 2. The zero-order valence-corrected chi connectivity index (χ0v) is 36.5. The van der Waals surface area contributed by atoms with E-state index in [-0.39, 0.29) is 39.5 Å². The van der Waals surface area contributed by atoms with Crippen LogP contribution >= 0.6 is 23.5 Å². The molecule has 14 heteroatoms. The van der Waals surface area contributed by atoms with Crippen LogP contribution in [-0.2, 0) is 28.5 Å². The Labute approximate surface area is 373 Å². The van der Waals surface area contributed by atoms with Gasteiger partial charge in [-0.15, -0.1) is 0 Å². The van der Waals surface area contributed by atoms with Crippen LogP contribution in [0.1, 0.15) is 25.7 Å². The number of benzene rings is 4. The quantitative estimate of drug-likeness (QED) is 0.0232. The standard InChI is InChI=1S/C48H56N2O10S2/c1-3-45(51)55-29-27-49-47(53)59-39(33-57-43-25-15-13-23-41(43)37-19-9-7-10-20-37)35-61-31-17-5-6-18-32-62-36-40(60-48(54)50-28-30-56-46(52)4-2)34-58-44-26-16-14-24-42(44)38-21-11-8-12-22-38/h3-4,7-16,19-26,39-40H,1-2,5-6,17-18,27-36H2,(H,49,53)(H,50,54). The summed E-state index contributed by atoms with van der Waals surface area (Å²) in [5, 5.41) is 5.25. The van der Waals surface area contributed by atoms with Crippen LogP contribution in [0, 0.1) is 0 Å². The molecule has 0 saturated carbocycles. The molecule has 2 N–H and O–H groups in total. The highest BCUT2D eigenvalue weighted by atomic mass is 32.2. The maximum absolute atomic E-state index is 12.7. The number of carbonyl (C=O) groups excluding carboxylic acids is 4. The lowest BCUT2D eigenvalue weighted by molar-refractivity contribution is -0.138. The van der Waals surface area contributed by atoms with Crippen molar-refractivity contribution in [3.05, 3.63) is 135 Å². The molecule has 0 radical (unpaired) electrons. The molecule has 4 aromatic rings. The van der Waals surface area contributed by atoms with Crippen molar-refractivity contribution in [3.8, 4) is 33.8 Å². The van der Waals surface area contributed by atoms with Crippen LogP contribution in [0.5, 0.6) is 11.5 Å². The van der Waals surface area contributed by atoms with Crippen molar-refractivity contribution >= 4 is 47.6 Å². The van der Waals surface area contributed by atoms with Gasteiger partial charge in [0.15, 0.2) is 0 Å². The van der Waals surface area contributed by atoms with Gasteiger partial charge in [0.1, 0.15) is 50.1 Å². The van der Waals surface area contributed by atoms with E-state index in [9.17, 15) is 19.2 Å². The number of hydrogen-bond acceptors (Lipinski definition) is 12. The first kappa shape index (κ1) is 48.8. The average molecular weight is 885 g/mol. The summed E-state index contributed by atoms with van der Waals surface area (Å²) in [6.07, 6.45) is 3.87. The fourth-order valence-electron chi connectivity index (χ4n) is 5.80. The number of unbranched alkanes of at least 4 members (excludes halogenated alkanes) is 3. The van der Waals surface area contributed by atoms with Gasteiger partial charge in [0.05, 0.1) is 13.1 Å². The summed E-state index contributed by atoms with van der Waals surface area (Å²) >= 11 is 3.39. The van der Waals surface area contributed by atoms with E-state index in [0.717, 1.165) is 71.6 Å². The van der Waals surface area contributed by atoms with Crippen LogP contribution in [-0.4, -0.2) is 98.9 Å². The van der Waals surface area contributed by atoms with Gasteiger partial charge in [0, 0.05) is 34.8 Å². The first-order valence-corrected chi connectivity index (χ1v) is 22.8. The van der Waals surface area contributed by atoms with E-state index in [1.807, 2.05) is 109 Å². The number of para-hydroxylation sites is 2. The van der Waals surface area contributed by atoms with Crippen LogP contribution in [0.25, 0.3) is 22.3 Å². The maximum Gasteiger partial charge on any atom is 0.407 e.